The summed E-state index contributed by atoms with van der Waals surface area (Å²) < 4.78 is 32.3. The van der Waals surface area contributed by atoms with Crippen LogP contribution in [0.3, 0.4) is 0 Å². The molecule has 1 N–H and O–H groups in total. The number of ether oxygens (including phenoxy) is 1. The molecule has 0 saturated heterocycles. The van der Waals surface area contributed by atoms with Crippen LogP contribution in [0, 0.1) is 6.92 Å². The third kappa shape index (κ3) is 5.55. The first-order valence-electron chi connectivity index (χ1n) is 9.79. The topological polar surface area (TPSA) is 88.6 Å². The lowest BCUT2D eigenvalue weighted by Crippen LogP contribution is -2.39. The number of fused-ring (bicyclic) bond motifs is 1. The molecule has 1 amide bonds. The zero-order valence-electron chi connectivity index (χ0n) is 16.8. The van der Waals surface area contributed by atoms with Gasteiger partial charge in [-0.15, -0.1) is 0 Å². The van der Waals surface area contributed by atoms with Crippen molar-refractivity contribution in [1.29, 1.82) is 0 Å². The van der Waals surface area contributed by atoms with Gasteiger partial charge in [-0.1, -0.05) is 25.1 Å². The number of nitrogens with zero attached hydrogens (tertiary/aromatic N) is 2. The van der Waals surface area contributed by atoms with Crippen LogP contribution >= 0.6 is 0 Å². The minimum Gasteiger partial charge on any atom is -0.484 e. The largest absolute Gasteiger partial charge is 0.484 e. The van der Waals surface area contributed by atoms with Gasteiger partial charge in [-0.3, -0.25) is 9.78 Å². The highest BCUT2D eigenvalue weighted by Gasteiger charge is 2.24. The fraction of sp³-hybridized carbons (Fsp3) is 0.429. The Morgan fingerprint density at radius 3 is 2.76 bits per heavy atom. The number of hydrogen-bond acceptors (Lipinski definition) is 5. The van der Waals surface area contributed by atoms with Gasteiger partial charge in [0, 0.05) is 31.5 Å². The van der Waals surface area contributed by atoms with E-state index >= 15 is 0 Å². The lowest BCUT2D eigenvalue weighted by Gasteiger charge is -2.30. The zero-order chi connectivity index (χ0) is 20.9. The molecule has 0 fully saturated rings. The third-order valence-corrected chi connectivity index (χ3v) is 6.53. The molecular formula is C21H27N3O4S. The average Bonchev–Trinajstić information content (AvgIpc) is 2.71. The smallest absolute Gasteiger partial charge is 0.260 e. The fourth-order valence-corrected chi connectivity index (χ4v) is 4.49. The molecule has 0 saturated carbocycles. The molecule has 0 radical (unpaired) electrons. The number of para-hydroxylation sites is 1. The van der Waals surface area contributed by atoms with Crippen molar-refractivity contribution in [2.24, 2.45) is 0 Å². The van der Waals surface area contributed by atoms with Crippen LogP contribution in [0.2, 0.25) is 0 Å². The van der Waals surface area contributed by atoms with Gasteiger partial charge in [0.1, 0.15) is 5.75 Å². The molecule has 3 rings (SSSR count). The first kappa shape index (κ1) is 21.3. The van der Waals surface area contributed by atoms with Crippen LogP contribution in [0.1, 0.15) is 35.7 Å². The van der Waals surface area contributed by atoms with Gasteiger partial charge in [0.25, 0.3) is 5.91 Å². The number of benzene rings is 1. The van der Waals surface area contributed by atoms with Gasteiger partial charge in [-0.2, -0.15) is 0 Å². The Hall–Kier alpha value is -2.45. The van der Waals surface area contributed by atoms with Crippen LogP contribution in [0.4, 0.5) is 0 Å². The van der Waals surface area contributed by atoms with Crippen LogP contribution in [0.25, 0.3) is 0 Å². The van der Waals surface area contributed by atoms with Crippen molar-refractivity contribution in [3.05, 3.63) is 58.9 Å². The summed E-state index contributed by atoms with van der Waals surface area (Å²) in [5, 5.41) is 0. The van der Waals surface area contributed by atoms with Gasteiger partial charge < -0.3 is 9.64 Å². The summed E-state index contributed by atoms with van der Waals surface area (Å²) in [5.41, 5.74) is 3.77. The van der Waals surface area contributed by atoms with E-state index in [0.29, 0.717) is 31.7 Å². The van der Waals surface area contributed by atoms with Crippen LogP contribution in [-0.4, -0.2) is 43.1 Å². The molecule has 7 nitrogen and oxygen atoms in total. The molecule has 0 atom stereocenters. The van der Waals surface area contributed by atoms with Crippen LogP contribution in [0.15, 0.2) is 36.5 Å². The Morgan fingerprint density at radius 1 is 1.28 bits per heavy atom. The molecule has 0 aliphatic carbocycles. The standard InChI is InChI=1S/C21H27N3O4S/c1-3-11-29(26,27)23-13-20-16(2)22-12-17-14-24(10-9-19(17)20)21(25)15-28-18-7-5-4-6-8-18/h4-8,12,23H,3,9-11,13-15H2,1-2H3. The highest BCUT2D eigenvalue weighted by atomic mass is 32.2. The summed E-state index contributed by atoms with van der Waals surface area (Å²) in [4.78, 5) is 18.7. The van der Waals surface area contributed by atoms with E-state index in [1.807, 2.05) is 44.2 Å². The first-order valence-corrected chi connectivity index (χ1v) is 11.4. The summed E-state index contributed by atoms with van der Waals surface area (Å²) in [6, 6.07) is 9.25. The van der Waals surface area contributed by atoms with Crippen LogP contribution in [0.5, 0.6) is 5.75 Å². The summed E-state index contributed by atoms with van der Waals surface area (Å²) in [5.74, 6) is 0.695. The first-order chi connectivity index (χ1) is 13.9. The minimum atomic E-state index is -3.29. The maximum Gasteiger partial charge on any atom is 0.260 e. The summed E-state index contributed by atoms with van der Waals surface area (Å²) in [6.07, 6.45) is 3.02. The Labute approximate surface area is 172 Å². The van der Waals surface area contributed by atoms with Crippen molar-refractivity contribution in [3.8, 4) is 5.75 Å². The molecule has 0 bridgehead atoms. The van der Waals surface area contributed by atoms with Gasteiger partial charge in [0.15, 0.2) is 6.61 Å². The second kappa shape index (κ2) is 9.37. The van der Waals surface area contributed by atoms with Crippen molar-refractivity contribution in [2.75, 3.05) is 18.9 Å². The van der Waals surface area contributed by atoms with E-state index in [9.17, 15) is 13.2 Å². The van der Waals surface area contributed by atoms with Gasteiger partial charge in [-0.25, -0.2) is 13.1 Å². The van der Waals surface area contributed by atoms with Gasteiger partial charge in [0.05, 0.1) is 5.75 Å². The van der Waals surface area contributed by atoms with Crippen molar-refractivity contribution >= 4 is 15.9 Å². The molecule has 8 heteroatoms. The molecule has 2 aromatic rings. The quantitative estimate of drug-likeness (QED) is 0.711. The van der Waals surface area contributed by atoms with Crippen molar-refractivity contribution in [1.82, 2.24) is 14.6 Å². The van der Waals surface area contributed by atoms with Gasteiger partial charge in [-0.05, 0) is 48.6 Å². The number of rotatable bonds is 8. The third-order valence-electron chi connectivity index (χ3n) is 5.00. The SMILES string of the molecule is CCCS(=O)(=O)NCc1c(C)ncc2c1CCN(C(=O)COc1ccccc1)C2. The molecule has 2 heterocycles. The monoisotopic (exact) mass is 417 g/mol. The van der Waals surface area contributed by atoms with Crippen molar-refractivity contribution in [3.63, 3.8) is 0 Å². The highest BCUT2D eigenvalue weighted by Crippen LogP contribution is 2.24. The molecule has 1 aliphatic rings. The lowest BCUT2D eigenvalue weighted by atomic mass is 9.95. The van der Waals surface area contributed by atoms with E-state index < -0.39 is 10.0 Å². The Morgan fingerprint density at radius 2 is 2.03 bits per heavy atom. The van der Waals surface area contributed by atoms with E-state index in [1.54, 1.807) is 11.1 Å². The normalized spacial score (nSPS) is 13.8. The lowest BCUT2D eigenvalue weighted by molar-refractivity contribution is -0.134. The van der Waals surface area contributed by atoms with E-state index in [-0.39, 0.29) is 24.8 Å². The van der Waals surface area contributed by atoms with E-state index in [4.69, 9.17) is 4.74 Å². The molecule has 0 unspecified atom stereocenters. The fourth-order valence-electron chi connectivity index (χ4n) is 3.45. The number of aromatic nitrogens is 1. The average molecular weight is 418 g/mol. The summed E-state index contributed by atoms with van der Waals surface area (Å²) in [7, 11) is -3.29. The molecule has 1 aromatic heterocycles. The highest BCUT2D eigenvalue weighted by molar-refractivity contribution is 7.89. The number of sulfonamides is 1. The summed E-state index contributed by atoms with van der Waals surface area (Å²) >= 11 is 0. The molecule has 1 aliphatic heterocycles. The Bertz CT molecular complexity index is 961. The molecule has 1 aromatic carbocycles. The van der Waals surface area contributed by atoms with Gasteiger partial charge >= 0.3 is 0 Å². The number of amides is 1. The predicted molar refractivity (Wildman–Crippen MR) is 111 cm³/mol. The van der Waals surface area contributed by atoms with Gasteiger partial charge in [0.2, 0.25) is 10.0 Å². The van der Waals surface area contributed by atoms with Crippen molar-refractivity contribution in [2.45, 2.75) is 39.8 Å². The second-order valence-corrected chi connectivity index (χ2v) is 9.06. The second-order valence-electron chi connectivity index (χ2n) is 7.13. The molecule has 156 valence electrons. The van der Waals surface area contributed by atoms with E-state index in [0.717, 1.165) is 22.4 Å². The summed E-state index contributed by atoms with van der Waals surface area (Å²) in [6.45, 7) is 4.96. The maximum absolute atomic E-state index is 12.6. The van der Waals surface area contributed by atoms with Crippen molar-refractivity contribution < 1.29 is 17.9 Å². The number of hydrogen-bond donors (Lipinski definition) is 1. The number of nitrogens with one attached hydrogen (secondary N) is 1. The van der Waals surface area contributed by atoms with Crippen LogP contribution < -0.4 is 9.46 Å². The predicted octanol–water partition coefficient (Wildman–Crippen LogP) is 2.18. The van der Waals surface area contributed by atoms with Crippen LogP contribution in [-0.2, 0) is 34.3 Å². The Kier molecular flexibility index (Phi) is 6.87. The number of pyridine rings is 1. The number of carbonyl (C=O) groups is 1. The zero-order valence-corrected chi connectivity index (χ0v) is 17.7. The van der Waals surface area contributed by atoms with E-state index in [2.05, 4.69) is 9.71 Å². The number of carbonyl (C=O) groups excluding carboxylic acids is 1. The minimum absolute atomic E-state index is 0.0116. The molecular weight excluding hydrogens is 390 g/mol. The molecule has 0 spiro atoms. The van der Waals surface area contributed by atoms with E-state index in [1.165, 1.54) is 0 Å². The Balaban J connectivity index is 1.66. The molecule has 29 heavy (non-hydrogen) atoms. The maximum atomic E-state index is 12.6. The number of aryl methyl sites for hydroxylation is 1.